The molecule has 7 heteroatoms. The van der Waals surface area contributed by atoms with Gasteiger partial charge in [0.05, 0.1) is 34.1 Å². The zero-order valence-electron chi connectivity index (χ0n) is 15.4. The van der Waals surface area contributed by atoms with Crippen molar-refractivity contribution in [1.82, 2.24) is 9.97 Å². The Morgan fingerprint density at radius 1 is 0.630 bits per heavy atom. The topological polar surface area (TPSA) is 62.7 Å². The van der Waals surface area contributed by atoms with Crippen molar-refractivity contribution >= 4 is 11.6 Å². The minimum atomic E-state index is 0.333. The number of ether oxygens (including phenoxy) is 4. The van der Waals surface area contributed by atoms with E-state index in [4.69, 9.17) is 30.5 Å². The van der Waals surface area contributed by atoms with E-state index < -0.39 is 0 Å². The van der Waals surface area contributed by atoms with Gasteiger partial charge in [-0.2, -0.15) is 0 Å². The molecule has 3 aromatic rings. The molecule has 0 saturated carbocycles. The molecule has 0 aliphatic heterocycles. The largest absolute Gasteiger partial charge is 0.493 e. The number of benzene rings is 2. The fraction of sp³-hybridized carbons (Fsp3) is 0.200. The molecule has 27 heavy (non-hydrogen) atoms. The first-order chi connectivity index (χ1) is 13.1. The summed E-state index contributed by atoms with van der Waals surface area (Å²) in [5.74, 6) is 2.95. The van der Waals surface area contributed by atoms with Crippen LogP contribution in [-0.4, -0.2) is 38.4 Å². The molecule has 0 amide bonds. The molecule has 0 aliphatic rings. The second-order valence-corrected chi connectivity index (χ2v) is 5.93. The van der Waals surface area contributed by atoms with Crippen molar-refractivity contribution in [2.45, 2.75) is 0 Å². The summed E-state index contributed by atoms with van der Waals surface area (Å²) >= 11 is 6.25. The smallest absolute Gasteiger partial charge is 0.161 e. The van der Waals surface area contributed by atoms with Crippen molar-refractivity contribution < 1.29 is 18.9 Å². The molecule has 0 radical (unpaired) electrons. The van der Waals surface area contributed by atoms with Gasteiger partial charge in [-0.3, -0.25) is 0 Å². The number of hydrogen-bond donors (Lipinski definition) is 0. The fourth-order valence-corrected chi connectivity index (χ4v) is 2.85. The van der Waals surface area contributed by atoms with Crippen LogP contribution >= 0.6 is 11.6 Å². The molecular weight excluding hydrogens is 368 g/mol. The molecule has 0 bridgehead atoms. The molecule has 0 fully saturated rings. The van der Waals surface area contributed by atoms with E-state index in [1.807, 2.05) is 30.3 Å². The van der Waals surface area contributed by atoms with Gasteiger partial charge in [-0.25, -0.2) is 9.97 Å². The summed E-state index contributed by atoms with van der Waals surface area (Å²) in [6.45, 7) is 0. The monoisotopic (exact) mass is 386 g/mol. The van der Waals surface area contributed by atoms with E-state index in [9.17, 15) is 0 Å². The summed E-state index contributed by atoms with van der Waals surface area (Å²) in [6.07, 6.45) is 0. The van der Waals surface area contributed by atoms with Crippen molar-refractivity contribution in [3.8, 4) is 45.6 Å². The van der Waals surface area contributed by atoms with Crippen molar-refractivity contribution in [3.63, 3.8) is 0 Å². The SMILES string of the molecule is COc1ccc(-c2cc(Cl)nc(-c3ccc(OC)c(OC)c3)n2)cc1OC. The van der Waals surface area contributed by atoms with Crippen LogP contribution in [0.5, 0.6) is 23.0 Å². The van der Waals surface area contributed by atoms with Crippen molar-refractivity contribution in [2.24, 2.45) is 0 Å². The minimum absolute atomic E-state index is 0.333. The average Bonchev–Trinajstić information content (AvgIpc) is 2.72. The summed E-state index contributed by atoms with van der Waals surface area (Å²) in [5, 5.41) is 0.333. The van der Waals surface area contributed by atoms with Crippen LogP contribution < -0.4 is 18.9 Å². The van der Waals surface area contributed by atoms with Crippen LogP contribution in [0.4, 0.5) is 0 Å². The summed E-state index contributed by atoms with van der Waals surface area (Å²) in [4.78, 5) is 8.99. The second kappa shape index (κ2) is 8.14. The first-order valence-electron chi connectivity index (χ1n) is 8.09. The highest BCUT2D eigenvalue weighted by atomic mass is 35.5. The molecule has 3 rings (SSSR count). The van der Waals surface area contributed by atoms with Gasteiger partial charge in [0.25, 0.3) is 0 Å². The third-order valence-electron chi connectivity index (χ3n) is 4.02. The van der Waals surface area contributed by atoms with Gasteiger partial charge < -0.3 is 18.9 Å². The maximum Gasteiger partial charge on any atom is 0.161 e. The fourth-order valence-electron chi connectivity index (χ4n) is 2.67. The molecule has 6 nitrogen and oxygen atoms in total. The Hall–Kier alpha value is -2.99. The van der Waals surface area contributed by atoms with Gasteiger partial charge in [-0.1, -0.05) is 11.6 Å². The zero-order chi connectivity index (χ0) is 19.4. The van der Waals surface area contributed by atoms with Gasteiger partial charge in [0, 0.05) is 17.2 Å². The van der Waals surface area contributed by atoms with Gasteiger partial charge in [-0.05, 0) is 36.4 Å². The van der Waals surface area contributed by atoms with Crippen molar-refractivity contribution in [1.29, 1.82) is 0 Å². The van der Waals surface area contributed by atoms with Crippen LogP contribution in [0.1, 0.15) is 0 Å². The molecule has 0 atom stereocenters. The Bertz CT molecular complexity index is 889. The summed E-state index contributed by atoms with van der Waals surface area (Å²) in [5.41, 5.74) is 2.26. The van der Waals surface area contributed by atoms with Crippen LogP contribution in [0.3, 0.4) is 0 Å². The predicted molar refractivity (Wildman–Crippen MR) is 104 cm³/mol. The maximum atomic E-state index is 6.25. The quantitative estimate of drug-likeness (QED) is 0.581. The summed E-state index contributed by atoms with van der Waals surface area (Å²) in [7, 11) is 6.34. The Balaban J connectivity index is 2.08. The van der Waals surface area contributed by atoms with Crippen LogP contribution in [0.25, 0.3) is 22.6 Å². The summed E-state index contributed by atoms with van der Waals surface area (Å²) < 4.78 is 21.3. The minimum Gasteiger partial charge on any atom is -0.493 e. The van der Waals surface area contributed by atoms with Crippen molar-refractivity contribution in [2.75, 3.05) is 28.4 Å². The van der Waals surface area contributed by atoms with E-state index in [0.29, 0.717) is 39.7 Å². The normalized spacial score (nSPS) is 10.4. The molecule has 140 valence electrons. The molecule has 1 heterocycles. The lowest BCUT2D eigenvalue weighted by atomic mass is 10.1. The third-order valence-corrected chi connectivity index (χ3v) is 4.21. The lowest BCUT2D eigenvalue weighted by molar-refractivity contribution is 0.355. The number of nitrogens with zero attached hydrogens (tertiary/aromatic N) is 2. The second-order valence-electron chi connectivity index (χ2n) is 5.54. The van der Waals surface area contributed by atoms with E-state index in [1.165, 1.54) is 0 Å². The lowest BCUT2D eigenvalue weighted by Gasteiger charge is -2.11. The van der Waals surface area contributed by atoms with E-state index in [2.05, 4.69) is 9.97 Å². The molecule has 2 aromatic carbocycles. The summed E-state index contributed by atoms with van der Waals surface area (Å²) in [6, 6.07) is 12.7. The maximum absolute atomic E-state index is 6.25. The van der Waals surface area contributed by atoms with Gasteiger partial charge in [0.2, 0.25) is 0 Å². The van der Waals surface area contributed by atoms with Crippen molar-refractivity contribution in [3.05, 3.63) is 47.6 Å². The predicted octanol–water partition coefficient (Wildman–Crippen LogP) is 4.50. The Labute approximate surface area is 162 Å². The Kier molecular flexibility index (Phi) is 5.66. The molecule has 0 aliphatic carbocycles. The first kappa shape index (κ1) is 18.8. The van der Waals surface area contributed by atoms with E-state index in [1.54, 1.807) is 40.6 Å². The third kappa shape index (κ3) is 3.90. The molecule has 0 N–H and O–H groups in total. The highest BCUT2D eigenvalue weighted by molar-refractivity contribution is 6.29. The highest BCUT2D eigenvalue weighted by Gasteiger charge is 2.13. The zero-order valence-corrected chi connectivity index (χ0v) is 16.2. The number of hydrogen-bond acceptors (Lipinski definition) is 6. The van der Waals surface area contributed by atoms with Gasteiger partial charge in [0.15, 0.2) is 28.8 Å². The Morgan fingerprint density at radius 2 is 1.15 bits per heavy atom. The van der Waals surface area contributed by atoms with Crippen LogP contribution in [0.2, 0.25) is 5.15 Å². The highest BCUT2D eigenvalue weighted by Crippen LogP contribution is 2.34. The van der Waals surface area contributed by atoms with Gasteiger partial charge in [0.1, 0.15) is 5.15 Å². The van der Waals surface area contributed by atoms with E-state index >= 15 is 0 Å². The van der Waals surface area contributed by atoms with Gasteiger partial charge in [-0.15, -0.1) is 0 Å². The van der Waals surface area contributed by atoms with E-state index in [-0.39, 0.29) is 0 Å². The number of methoxy groups -OCH3 is 4. The molecule has 0 saturated heterocycles. The van der Waals surface area contributed by atoms with Gasteiger partial charge >= 0.3 is 0 Å². The van der Waals surface area contributed by atoms with E-state index in [0.717, 1.165) is 11.1 Å². The lowest BCUT2D eigenvalue weighted by Crippen LogP contribution is -1.96. The number of rotatable bonds is 6. The number of aromatic nitrogens is 2. The molecular formula is C20H19ClN2O4. The van der Waals surface area contributed by atoms with Crippen LogP contribution in [-0.2, 0) is 0 Å². The van der Waals surface area contributed by atoms with Crippen LogP contribution in [0, 0.1) is 0 Å². The standard InChI is InChI=1S/C20H19ClN2O4/c1-24-15-7-5-12(9-17(15)26-3)14-11-19(21)23-20(22-14)13-6-8-16(25-2)18(10-13)27-4/h5-11H,1-4H3. The average molecular weight is 387 g/mol. The number of halogens is 1. The Morgan fingerprint density at radius 3 is 1.70 bits per heavy atom. The molecule has 0 spiro atoms. The van der Waals surface area contributed by atoms with Crippen LogP contribution in [0.15, 0.2) is 42.5 Å². The molecule has 0 unspecified atom stereocenters. The molecule has 1 aromatic heterocycles. The first-order valence-corrected chi connectivity index (χ1v) is 8.46.